The summed E-state index contributed by atoms with van der Waals surface area (Å²) in [6, 6.07) is 7.88. The summed E-state index contributed by atoms with van der Waals surface area (Å²) in [5, 5.41) is 19.6. The highest BCUT2D eigenvalue weighted by Crippen LogP contribution is 2.79. The van der Waals surface area contributed by atoms with Gasteiger partial charge in [0.2, 0.25) is 0 Å². The molecular formula is C14H13N4O3+. The molecule has 4 rings (SSSR count). The Hall–Kier alpha value is -2.35. The van der Waals surface area contributed by atoms with Crippen LogP contribution in [0, 0.1) is 33.5 Å². The van der Waals surface area contributed by atoms with E-state index in [1.54, 1.807) is 12.1 Å². The summed E-state index contributed by atoms with van der Waals surface area (Å²) in [5.74, 6) is -1.17. The van der Waals surface area contributed by atoms with Crippen LogP contribution < -0.4 is 10.7 Å². The van der Waals surface area contributed by atoms with E-state index in [0.29, 0.717) is 12.4 Å². The van der Waals surface area contributed by atoms with Gasteiger partial charge in [-0.3, -0.25) is 5.73 Å². The van der Waals surface area contributed by atoms with Crippen molar-refractivity contribution in [3.05, 3.63) is 24.2 Å². The molecule has 0 radical (unpaired) electrons. The van der Waals surface area contributed by atoms with Crippen LogP contribution in [0.3, 0.4) is 0 Å². The molecule has 1 aliphatic carbocycles. The highest BCUT2D eigenvalue weighted by molar-refractivity contribution is 5.95. The van der Waals surface area contributed by atoms with Gasteiger partial charge in [0.05, 0.1) is 37.0 Å². The smallest absolute Gasteiger partial charge is 0.343 e. The number of rotatable bonds is 1. The van der Waals surface area contributed by atoms with Gasteiger partial charge >= 0.3 is 5.91 Å². The Labute approximate surface area is 120 Å². The van der Waals surface area contributed by atoms with Crippen molar-refractivity contribution in [2.75, 3.05) is 6.61 Å². The van der Waals surface area contributed by atoms with Crippen molar-refractivity contribution in [1.29, 1.82) is 10.5 Å². The van der Waals surface area contributed by atoms with Gasteiger partial charge in [-0.1, -0.05) is 0 Å². The molecule has 1 spiro atoms. The van der Waals surface area contributed by atoms with Crippen LogP contribution in [0.15, 0.2) is 22.8 Å². The molecule has 1 saturated carbocycles. The normalized spacial score (nSPS) is 46.7. The van der Waals surface area contributed by atoms with Crippen molar-refractivity contribution in [2.45, 2.75) is 24.9 Å². The monoisotopic (exact) mass is 285 g/mol. The van der Waals surface area contributed by atoms with Crippen LogP contribution in [-0.4, -0.2) is 24.5 Å². The van der Waals surface area contributed by atoms with Gasteiger partial charge in [-0.05, 0) is 19.1 Å². The molecule has 0 unspecified atom stereocenters. The Kier molecular flexibility index (Phi) is 2.04. The van der Waals surface area contributed by atoms with Gasteiger partial charge < -0.3 is 13.9 Å². The summed E-state index contributed by atoms with van der Waals surface area (Å²) in [4.78, 5) is 2.90. The first kappa shape index (κ1) is 12.4. The SMILES string of the molecule is C[C@@H]1CO[C@]2([NH+]=C(N)[C@@]3(C#N)[C@@H](c4ccco4)[C@@]23C#N)O1. The number of furan rings is 1. The van der Waals surface area contributed by atoms with E-state index in [0.717, 1.165) is 0 Å². The van der Waals surface area contributed by atoms with Crippen molar-refractivity contribution in [1.82, 2.24) is 0 Å². The van der Waals surface area contributed by atoms with E-state index in [4.69, 9.17) is 19.6 Å². The second-order valence-electron chi connectivity index (χ2n) is 5.68. The Morgan fingerprint density at radius 1 is 1.43 bits per heavy atom. The van der Waals surface area contributed by atoms with Crippen LogP contribution in [0.2, 0.25) is 0 Å². The third-order valence-corrected chi connectivity index (χ3v) is 4.72. The molecule has 1 saturated heterocycles. The van der Waals surface area contributed by atoms with Gasteiger partial charge in [-0.25, -0.2) is 4.99 Å². The molecule has 5 atom stereocenters. The topological polar surface area (TPSA) is 119 Å². The fourth-order valence-corrected chi connectivity index (χ4v) is 3.85. The highest BCUT2D eigenvalue weighted by atomic mass is 16.8. The molecule has 0 amide bonds. The lowest BCUT2D eigenvalue weighted by atomic mass is 9.94. The fraction of sp³-hybridized carbons (Fsp3) is 0.500. The Morgan fingerprint density at radius 3 is 2.76 bits per heavy atom. The first-order valence-corrected chi connectivity index (χ1v) is 6.67. The Balaban J connectivity index is 1.94. The van der Waals surface area contributed by atoms with Crippen molar-refractivity contribution in [2.24, 2.45) is 16.6 Å². The number of amidine groups is 1. The zero-order chi connectivity index (χ0) is 14.9. The van der Waals surface area contributed by atoms with Crippen molar-refractivity contribution < 1.29 is 18.9 Å². The van der Waals surface area contributed by atoms with Crippen LogP contribution in [0.4, 0.5) is 0 Å². The van der Waals surface area contributed by atoms with Gasteiger partial charge in [0.25, 0.3) is 5.84 Å². The van der Waals surface area contributed by atoms with Gasteiger partial charge in [-0.15, -0.1) is 0 Å². The van der Waals surface area contributed by atoms with Crippen molar-refractivity contribution in [3.63, 3.8) is 0 Å². The molecule has 3 aliphatic rings. The largest absolute Gasteiger partial charge is 0.469 e. The number of nitriles is 2. The van der Waals surface area contributed by atoms with Crippen molar-refractivity contribution >= 4 is 5.84 Å². The molecule has 21 heavy (non-hydrogen) atoms. The molecule has 0 bridgehead atoms. The molecule has 3 heterocycles. The third-order valence-electron chi connectivity index (χ3n) is 4.72. The fourth-order valence-electron chi connectivity index (χ4n) is 3.85. The van der Waals surface area contributed by atoms with E-state index in [9.17, 15) is 10.5 Å². The predicted octanol–water partition coefficient (Wildman–Crippen LogP) is -1.06. The lowest BCUT2D eigenvalue weighted by Crippen LogP contribution is -2.90. The van der Waals surface area contributed by atoms with Crippen LogP contribution in [0.1, 0.15) is 18.6 Å². The zero-order valence-electron chi connectivity index (χ0n) is 11.3. The molecule has 106 valence electrons. The second-order valence-corrected chi connectivity index (χ2v) is 5.68. The minimum Gasteiger partial charge on any atom is -0.469 e. The van der Waals surface area contributed by atoms with Crippen LogP contribution in [0.25, 0.3) is 0 Å². The first-order chi connectivity index (χ1) is 10.1. The number of nitrogens with zero attached hydrogens (tertiary/aromatic N) is 2. The summed E-state index contributed by atoms with van der Waals surface area (Å²) in [6.45, 7) is 2.17. The summed E-state index contributed by atoms with van der Waals surface area (Å²) >= 11 is 0. The van der Waals surface area contributed by atoms with Gasteiger partial charge in [0.1, 0.15) is 5.76 Å². The summed E-state index contributed by atoms with van der Waals surface area (Å²) in [5.41, 5.74) is 3.60. The van der Waals surface area contributed by atoms with Gasteiger partial charge in [0.15, 0.2) is 10.8 Å². The number of hydrogen-bond donors (Lipinski definition) is 2. The quantitative estimate of drug-likeness (QED) is 0.678. The summed E-state index contributed by atoms with van der Waals surface area (Å²) in [6.07, 6.45) is 1.32. The molecule has 1 aromatic heterocycles. The van der Waals surface area contributed by atoms with E-state index >= 15 is 0 Å². The van der Waals surface area contributed by atoms with Gasteiger partial charge in [-0.2, -0.15) is 10.5 Å². The highest BCUT2D eigenvalue weighted by Gasteiger charge is 2.98. The van der Waals surface area contributed by atoms with E-state index in [1.165, 1.54) is 6.26 Å². The summed E-state index contributed by atoms with van der Waals surface area (Å²) < 4.78 is 17.0. The van der Waals surface area contributed by atoms with Crippen LogP contribution in [0.5, 0.6) is 0 Å². The number of nitrogens with one attached hydrogen (secondary N) is 1. The van der Waals surface area contributed by atoms with E-state index in [-0.39, 0.29) is 11.9 Å². The number of nitrogens with two attached hydrogens (primary N) is 1. The van der Waals surface area contributed by atoms with E-state index < -0.39 is 22.7 Å². The van der Waals surface area contributed by atoms with E-state index in [1.807, 2.05) is 6.92 Å². The first-order valence-electron chi connectivity index (χ1n) is 6.67. The third kappa shape index (κ3) is 1.03. The lowest BCUT2D eigenvalue weighted by molar-refractivity contribution is -0.678. The molecule has 2 fully saturated rings. The van der Waals surface area contributed by atoms with E-state index in [2.05, 4.69) is 17.1 Å². The zero-order valence-corrected chi connectivity index (χ0v) is 11.3. The average molecular weight is 285 g/mol. The summed E-state index contributed by atoms with van der Waals surface area (Å²) in [7, 11) is 0. The molecule has 2 aliphatic heterocycles. The maximum atomic E-state index is 9.85. The van der Waals surface area contributed by atoms with Gasteiger partial charge in [0, 0.05) is 0 Å². The van der Waals surface area contributed by atoms with Crippen molar-refractivity contribution in [3.8, 4) is 12.1 Å². The molecule has 3 N–H and O–H groups in total. The molecule has 0 aromatic carbocycles. The maximum absolute atomic E-state index is 9.85. The number of hydrogen-bond acceptors (Lipinski definition) is 6. The molecule has 7 heteroatoms. The predicted molar refractivity (Wildman–Crippen MR) is 66.9 cm³/mol. The second kappa shape index (κ2) is 3.45. The van der Waals surface area contributed by atoms with Crippen LogP contribution >= 0.6 is 0 Å². The standard InChI is InChI=1S/C14H12N4O3/c1-8-5-20-14(21-8)13(7-16)10(9-3-2-4-19-9)12(13,6-15)11(17)18-14/h2-4,8,10H,5H2,1H3,(H2,17,18)/p+1/t8-,10-,12-,13-,14+/m1/s1. The minimum atomic E-state index is -1.39. The van der Waals surface area contributed by atoms with Crippen LogP contribution in [-0.2, 0) is 9.47 Å². The average Bonchev–Trinajstić information content (AvgIpc) is 2.87. The maximum Gasteiger partial charge on any atom is 0.343 e. The molecular weight excluding hydrogens is 272 g/mol. The molecule has 7 nitrogen and oxygen atoms in total. The Bertz CT molecular complexity index is 730. The lowest BCUT2D eigenvalue weighted by Gasteiger charge is -2.23. The minimum absolute atomic E-state index is 0.192. The Morgan fingerprint density at radius 2 is 2.24 bits per heavy atom. The number of ether oxygens (including phenoxy) is 2. The number of fused-ring (bicyclic) bond motifs is 2. The molecule has 1 aromatic rings.